The number of carbonyl (C=O) groups excluding carboxylic acids is 3. The van der Waals surface area contributed by atoms with Gasteiger partial charge in [-0.15, -0.1) is 0 Å². The Morgan fingerprint density at radius 2 is 1.49 bits per heavy atom. The number of ketones is 1. The molecule has 4 aromatic carbocycles. The van der Waals surface area contributed by atoms with Crippen molar-refractivity contribution < 1.29 is 56.7 Å². The van der Waals surface area contributed by atoms with Gasteiger partial charge in [-0.2, -0.15) is 0 Å². The number of methoxy groups -OCH3 is 4. The first-order valence-corrected chi connectivity index (χ1v) is 16.7. The highest BCUT2D eigenvalue weighted by Gasteiger charge is 2.53. The van der Waals surface area contributed by atoms with Crippen LogP contribution in [0.15, 0.2) is 72.8 Å². The average Bonchev–Trinajstić information content (AvgIpc) is 3.81. The Morgan fingerprint density at radius 1 is 0.811 bits per heavy atom. The van der Waals surface area contributed by atoms with Gasteiger partial charge in [0.1, 0.15) is 5.82 Å². The number of allylic oxidation sites excluding steroid dienone is 1. The molecule has 1 N–H and O–H groups in total. The van der Waals surface area contributed by atoms with E-state index in [1.165, 1.54) is 58.8 Å². The number of rotatable bonds is 12. The summed E-state index contributed by atoms with van der Waals surface area (Å²) < 4.78 is 58.6. The Labute approximate surface area is 304 Å². The van der Waals surface area contributed by atoms with Crippen molar-refractivity contribution in [2.24, 2.45) is 11.8 Å². The Bertz CT molecular complexity index is 2070. The zero-order valence-corrected chi connectivity index (χ0v) is 29.3. The number of cyclic esters (lactones) is 1. The van der Waals surface area contributed by atoms with Crippen molar-refractivity contribution in [2.45, 2.75) is 12.0 Å². The molecule has 0 bridgehead atoms. The highest BCUT2D eigenvalue weighted by atomic mass is 19.1. The molecule has 4 atom stereocenters. The molecule has 4 aromatic rings. The van der Waals surface area contributed by atoms with Gasteiger partial charge in [0.25, 0.3) is 5.91 Å². The molecule has 3 aliphatic rings. The summed E-state index contributed by atoms with van der Waals surface area (Å²) in [6.07, 6.45) is 2.98. The lowest BCUT2D eigenvalue weighted by Crippen LogP contribution is -2.44. The summed E-state index contributed by atoms with van der Waals surface area (Å²) in [5.41, 5.74) is 3.21. The van der Waals surface area contributed by atoms with Crippen LogP contribution in [0.2, 0.25) is 0 Å². The monoisotopic (exact) mass is 725 g/mol. The first-order valence-electron chi connectivity index (χ1n) is 16.7. The molecule has 0 spiro atoms. The van der Waals surface area contributed by atoms with E-state index in [1.54, 1.807) is 24.3 Å². The molecule has 274 valence electrons. The summed E-state index contributed by atoms with van der Waals surface area (Å²) in [6.45, 7) is -0.252. The molecule has 13 heteroatoms. The van der Waals surface area contributed by atoms with Crippen molar-refractivity contribution in [1.29, 1.82) is 0 Å². The summed E-state index contributed by atoms with van der Waals surface area (Å²) in [6, 6.07) is 16.9. The minimum Gasteiger partial charge on any atom is -0.493 e. The zero-order chi connectivity index (χ0) is 37.2. The second-order valence-electron chi connectivity index (χ2n) is 12.5. The molecule has 0 unspecified atom stereocenters. The maximum Gasteiger partial charge on any atom is 0.310 e. The average molecular weight is 726 g/mol. The fourth-order valence-corrected chi connectivity index (χ4v) is 7.18. The molecule has 2 heterocycles. The fraction of sp³-hybridized carbons (Fsp3) is 0.275. The molecule has 1 aliphatic carbocycles. The van der Waals surface area contributed by atoms with E-state index in [-0.39, 0.29) is 25.8 Å². The third kappa shape index (κ3) is 6.77. The smallest absolute Gasteiger partial charge is 0.310 e. The Balaban J connectivity index is 1.14. The van der Waals surface area contributed by atoms with Crippen LogP contribution in [0.25, 0.3) is 6.08 Å². The number of hydrogen-bond donors (Lipinski definition) is 1. The topological polar surface area (TPSA) is 137 Å². The second kappa shape index (κ2) is 14.8. The van der Waals surface area contributed by atoms with Crippen molar-refractivity contribution in [3.8, 4) is 40.2 Å². The fourth-order valence-electron chi connectivity index (χ4n) is 7.18. The minimum atomic E-state index is -0.674. The van der Waals surface area contributed by atoms with Gasteiger partial charge in [-0.25, -0.2) is 4.39 Å². The van der Waals surface area contributed by atoms with Gasteiger partial charge in [-0.1, -0.05) is 12.1 Å². The van der Waals surface area contributed by atoms with Gasteiger partial charge in [0, 0.05) is 17.4 Å². The summed E-state index contributed by atoms with van der Waals surface area (Å²) in [7, 11) is 6.03. The lowest BCUT2D eigenvalue weighted by atomic mass is 9.65. The van der Waals surface area contributed by atoms with Gasteiger partial charge < -0.3 is 43.2 Å². The molecule has 0 aromatic heterocycles. The van der Waals surface area contributed by atoms with Gasteiger partial charge in [0.2, 0.25) is 12.5 Å². The Kier molecular flexibility index (Phi) is 9.81. The molecular weight excluding hydrogens is 689 g/mol. The summed E-state index contributed by atoms with van der Waals surface area (Å²) >= 11 is 0. The minimum absolute atomic E-state index is 0.0355. The molecule has 1 fully saturated rings. The predicted molar refractivity (Wildman–Crippen MR) is 188 cm³/mol. The van der Waals surface area contributed by atoms with E-state index in [1.807, 2.05) is 24.3 Å². The number of hydrogen-bond acceptors (Lipinski definition) is 11. The normalized spacial score (nSPS) is 19.5. The van der Waals surface area contributed by atoms with E-state index < -0.39 is 41.5 Å². The largest absolute Gasteiger partial charge is 0.493 e. The van der Waals surface area contributed by atoms with E-state index >= 15 is 0 Å². The molecule has 12 nitrogen and oxygen atoms in total. The Hall–Kier alpha value is -6.24. The molecule has 7 rings (SSSR count). The number of carbonyl (C=O) groups is 3. The summed E-state index contributed by atoms with van der Waals surface area (Å²) in [4.78, 5) is 39.6. The first-order chi connectivity index (χ1) is 25.7. The van der Waals surface area contributed by atoms with Crippen molar-refractivity contribution >= 4 is 23.7 Å². The maximum atomic E-state index is 13.6. The number of amides is 1. The predicted octanol–water partition coefficient (Wildman–Crippen LogP) is 5.66. The van der Waals surface area contributed by atoms with E-state index in [0.29, 0.717) is 51.4 Å². The maximum absolute atomic E-state index is 13.6. The Morgan fingerprint density at radius 3 is 2.15 bits per heavy atom. The van der Waals surface area contributed by atoms with E-state index in [0.717, 1.165) is 16.7 Å². The van der Waals surface area contributed by atoms with Crippen molar-refractivity contribution in [1.82, 2.24) is 5.32 Å². The molecule has 2 aliphatic heterocycles. The highest BCUT2D eigenvalue weighted by Crippen LogP contribution is 2.55. The van der Waals surface area contributed by atoms with E-state index in [9.17, 15) is 18.8 Å². The van der Waals surface area contributed by atoms with Crippen molar-refractivity contribution in [3.63, 3.8) is 0 Å². The summed E-state index contributed by atoms with van der Waals surface area (Å²) in [5.74, 6) is -0.242. The standard InChI is InChI=1S/C40H36FNO11/c1-46-30-13-21(5-11-28(43)22-7-9-24(41)10-8-22)6-12-29(30)50-19-35(44)42-38-26-17-32-31(52-20-53-32)16-25(26)36(37-27(38)18-51-40(37)45)23-14-33(47-2)39(49-4)34(15-23)48-3/h5-17,27,36-38H,18-20H2,1-4H3,(H,42,44)/b11-5+/t27-,36+,37-,38+/m0/s1. The number of halogens is 1. The quantitative estimate of drug-likeness (QED) is 0.110. The van der Waals surface area contributed by atoms with Gasteiger partial charge >= 0.3 is 5.97 Å². The molecule has 0 saturated carbocycles. The number of fused-ring (bicyclic) bond motifs is 3. The van der Waals surface area contributed by atoms with Crippen LogP contribution in [-0.2, 0) is 14.3 Å². The van der Waals surface area contributed by atoms with Crippen LogP contribution in [0.3, 0.4) is 0 Å². The number of esters is 1. The van der Waals surface area contributed by atoms with E-state index in [4.69, 9.17) is 37.9 Å². The highest BCUT2D eigenvalue weighted by molar-refractivity contribution is 6.06. The number of benzene rings is 4. The van der Waals surface area contributed by atoms with Crippen molar-refractivity contribution in [3.05, 3.63) is 106 Å². The van der Waals surface area contributed by atoms with Crippen LogP contribution < -0.4 is 38.5 Å². The number of ether oxygens (including phenoxy) is 8. The second-order valence-corrected chi connectivity index (χ2v) is 12.5. The molecule has 1 saturated heterocycles. The first kappa shape index (κ1) is 35.2. The molecular formula is C40H36FNO11. The third-order valence-corrected chi connectivity index (χ3v) is 9.65. The van der Waals surface area contributed by atoms with Gasteiger partial charge in [0.15, 0.2) is 46.9 Å². The molecule has 0 radical (unpaired) electrons. The summed E-state index contributed by atoms with van der Waals surface area (Å²) in [5, 5.41) is 3.09. The zero-order valence-electron chi connectivity index (χ0n) is 29.3. The van der Waals surface area contributed by atoms with Crippen LogP contribution in [0.4, 0.5) is 4.39 Å². The van der Waals surface area contributed by atoms with Crippen molar-refractivity contribution in [2.75, 3.05) is 48.4 Å². The van der Waals surface area contributed by atoms with Gasteiger partial charge in [-0.05, 0) is 89.0 Å². The van der Waals surface area contributed by atoms with E-state index in [2.05, 4.69) is 5.32 Å². The van der Waals surface area contributed by atoms with Crippen LogP contribution in [0.5, 0.6) is 40.2 Å². The lowest BCUT2D eigenvalue weighted by molar-refractivity contribution is -0.141. The van der Waals surface area contributed by atoms with Gasteiger partial charge in [-0.3, -0.25) is 14.4 Å². The third-order valence-electron chi connectivity index (χ3n) is 9.65. The molecule has 53 heavy (non-hydrogen) atoms. The van der Waals surface area contributed by atoms with Gasteiger partial charge in [0.05, 0.1) is 47.0 Å². The lowest BCUT2D eigenvalue weighted by Gasteiger charge is -2.39. The SMILES string of the molecule is COc1cc(/C=C/C(=O)c2ccc(F)cc2)ccc1OCC(=O)N[C@@H]1c2cc3c(cc2[C@@H](c2cc(OC)c(OC)c(OC)c2)[C@H]2C(=O)OC[C@@H]21)OCO3. The van der Waals surface area contributed by atoms with Crippen LogP contribution in [-0.4, -0.2) is 66.1 Å². The van der Waals surface area contributed by atoms with Crippen LogP contribution in [0.1, 0.15) is 44.6 Å². The molecule has 1 amide bonds. The number of nitrogens with one attached hydrogen (secondary N) is 1. The van der Waals surface area contributed by atoms with Crippen LogP contribution >= 0.6 is 0 Å². The van der Waals surface area contributed by atoms with Crippen LogP contribution in [0, 0.1) is 17.7 Å².